The summed E-state index contributed by atoms with van der Waals surface area (Å²) in [6, 6.07) is 16.2. The van der Waals surface area contributed by atoms with Gasteiger partial charge >= 0.3 is 0 Å². The van der Waals surface area contributed by atoms with Gasteiger partial charge in [-0.15, -0.1) is 0 Å². The summed E-state index contributed by atoms with van der Waals surface area (Å²) < 4.78 is 0. The number of fused-ring (bicyclic) bond motifs is 2. The number of benzene rings is 2. The Kier molecular flexibility index (Phi) is 3.38. The van der Waals surface area contributed by atoms with Crippen molar-refractivity contribution in [2.75, 3.05) is 0 Å². The van der Waals surface area contributed by atoms with E-state index in [4.69, 9.17) is 0 Å². The number of hydrogen-bond donors (Lipinski definition) is 3. The molecular weight excluding hydrogens is 298 g/mol. The number of aryl methyl sites for hydroxylation is 2. The molecule has 2 aromatic carbocycles. The zero-order valence-corrected chi connectivity index (χ0v) is 13.7. The number of carbonyl (C=O) groups is 1. The zero-order chi connectivity index (χ0) is 16.7. The van der Waals surface area contributed by atoms with Crippen molar-refractivity contribution in [3.63, 3.8) is 0 Å². The fourth-order valence-electron chi connectivity index (χ4n) is 3.08. The van der Waals surface area contributed by atoms with Crippen molar-refractivity contribution in [3.05, 3.63) is 71.0 Å². The first-order chi connectivity index (χ1) is 11.6. The molecule has 0 spiro atoms. The first-order valence-corrected chi connectivity index (χ1v) is 8.05. The Morgan fingerprint density at radius 1 is 1.00 bits per heavy atom. The molecule has 4 heteroatoms. The Labute approximate surface area is 139 Å². The summed E-state index contributed by atoms with van der Waals surface area (Å²) in [5.41, 5.74) is 6.10. The molecule has 0 bridgehead atoms. The van der Waals surface area contributed by atoms with Gasteiger partial charge in [-0.25, -0.2) is 0 Å². The Morgan fingerprint density at radius 2 is 1.83 bits per heavy atom. The highest BCUT2D eigenvalue weighted by molar-refractivity contribution is 5.99. The third-order valence-corrected chi connectivity index (χ3v) is 4.61. The van der Waals surface area contributed by atoms with Crippen molar-refractivity contribution in [3.8, 4) is 0 Å². The number of nitrogens with one attached hydrogen (secondary N) is 3. The summed E-state index contributed by atoms with van der Waals surface area (Å²) >= 11 is 0. The molecular formula is C20H19N3O. The number of aromatic nitrogens is 2. The van der Waals surface area contributed by atoms with E-state index < -0.39 is 0 Å². The van der Waals surface area contributed by atoms with Gasteiger partial charge in [0, 0.05) is 22.1 Å². The van der Waals surface area contributed by atoms with Crippen LogP contribution in [0.25, 0.3) is 21.8 Å². The summed E-state index contributed by atoms with van der Waals surface area (Å²) in [5, 5.41) is 5.22. The largest absolute Gasteiger partial charge is 0.357 e. The van der Waals surface area contributed by atoms with E-state index in [0.717, 1.165) is 27.5 Å². The number of carbonyl (C=O) groups excluding carboxylic acids is 1. The molecule has 0 saturated heterocycles. The summed E-state index contributed by atoms with van der Waals surface area (Å²) in [6.45, 7) is 4.63. The fourth-order valence-corrected chi connectivity index (χ4v) is 3.08. The Bertz CT molecular complexity index is 1020. The van der Waals surface area contributed by atoms with Gasteiger partial charge in [0.2, 0.25) is 0 Å². The monoisotopic (exact) mass is 317 g/mol. The lowest BCUT2D eigenvalue weighted by Crippen LogP contribution is -2.23. The molecule has 24 heavy (non-hydrogen) atoms. The van der Waals surface area contributed by atoms with Gasteiger partial charge in [-0.05, 0) is 54.6 Å². The standard InChI is InChI=1S/C20H19N3O/c1-12-7-8-18-16(13(12)2)10-19(23-18)20(24)21-11-15-9-14-5-3-4-6-17(14)22-15/h3-10,22-23H,11H2,1-2H3,(H,21,24). The summed E-state index contributed by atoms with van der Waals surface area (Å²) in [7, 11) is 0. The van der Waals surface area contributed by atoms with Crippen LogP contribution in [0.3, 0.4) is 0 Å². The minimum absolute atomic E-state index is 0.0955. The minimum atomic E-state index is -0.0955. The van der Waals surface area contributed by atoms with Crippen molar-refractivity contribution in [1.29, 1.82) is 0 Å². The van der Waals surface area contributed by atoms with Crippen molar-refractivity contribution in [1.82, 2.24) is 15.3 Å². The molecule has 0 atom stereocenters. The maximum Gasteiger partial charge on any atom is 0.268 e. The van der Waals surface area contributed by atoms with Crippen LogP contribution in [0.4, 0.5) is 0 Å². The highest BCUT2D eigenvalue weighted by Gasteiger charge is 2.11. The minimum Gasteiger partial charge on any atom is -0.357 e. The Balaban J connectivity index is 1.54. The third kappa shape index (κ3) is 2.46. The molecule has 2 heterocycles. The number of H-pyrrole nitrogens is 2. The molecule has 1 amide bonds. The van der Waals surface area contributed by atoms with Crippen LogP contribution in [-0.2, 0) is 6.54 Å². The molecule has 4 nitrogen and oxygen atoms in total. The highest BCUT2D eigenvalue weighted by atomic mass is 16.1. The van der Waals surface area contributed by atoms with Crippen LogP contribution >= 0.6 is 0 Å². The summed E-state index contributed by atoms with van der Waals surface area (Å²) in [6.07, 6.45) is 0. The van der Waals surface area contributed by atoms with E-state index in [1.54, 1.807) is 0 Å². The van der Waals surface area contributed by atoms with Crippen molar-refractivity contribution in [2.24, 2.45) is 0 Å². The average molecular weight is 317 g/mol. The molecule has 0 fully saturated rings. The number of para-hydroxylation sites is 1. The van der Waals surface area contributed by atoms with Gasteiger partial charge in [-0.1, -0.05) is 24.3 Å². The van der Waals surface area contributed by atoms with Gasteiger partial charge in [-0.3, -0.25) is 4.79 Å². The molecule has 0 radical (unpaired) electrons. The average Bonchev–Trinajstić information content (AvgIpc) is 3.20. The molecule has 0 saturated carbocycles. The predicted molar refractivity (Wildman–Crippen MR) is 97.2 cm³/mol. The predicted octanol–water partition coefficient (Wildman–Crippen LogP) is 4.20. The maximum absolute atomic E-state index is 12.4. The zero-order valence-electron chi connectivity index (χ0n) is 13.7. The van der Waals surface area contributed by atoms with Crippen LogP contribution < -0.4 is 5.32 Å². The molecule has 0 aliphatic rings. The molecule has 4 aromatic rings. The second-order valence-electron chi connectivity index (χ2n) is 6.22. The number of rotatable bonds is 3. The molecule has 2 aromatic heterocycles. The topological polar surface area (TPSA) is 60.7 Å². The lowest BCUT2D eigenvalue weighted by atomic mass is 10.1. The van der Waals surface area contributed by atoms with Gasteiger partial charge in [0.25, 0.3) is 5.91 Å². The van der Waals surface area contributed by atoms with Crippen molar-refractivity contribution < 1.29 is 4.79 Å². The van der Waals surface area contributed by atoms with Crippen LogP contribution in [0.1, 0.15) is 27.3 Å². The van der Waals surface area contributed by atoms with Crippen molar-refractivity contribution in [2.45, 2.75) is 20.4 Å². The maximum atomic E-state index is 12.4. The van der Waals surface area contributed by atoms with Crippen LogP contribution in [0.2, 0.25) is 0 Å². The van der Waals surface area contributed by atoms with E-state index in [2.05, 4.69) is 47.3 Å². The van der Waals surface area contributed by atoms with Gasteiger partial charge < -0.3 is 15.3 Å². The van der Waals surface area contributed by atoms with Gasteiger partial charge in [0.05, 0.1) is 6.54 Å². The Hall–Kier alpha value is -3.01. The molecule has 0 unspecified atom stereocenters. The fraction of sp³-hybridized carbons (Fsp3) is 0.150. The number of hydrogen-bond acceptors (Lipinski definition) is 1. The van der Waals surface area contributed by atoms with E-state index in [0.29, 0.717) is 12.2 Å². The molecule has 4 rings (SSSR count). The Morgan fingerprint density at radius 3 is 2.67 bits per heavy atom. The lowest BCUT2D eigenvalue weighted by Gasteiger charge is -2.01. The second-order valence-corrected chi connectivity index (χ2v) is 6.22. The van der Waals surface area contributed by atoms with Crippen LogP contribution in [0, 0.1) is 13.8 Å². The van der Waals surface area contributed by atoms with Gasteiger partial charge in [0.15, 0.2) is 0 Å². The quantitative estimate of drug-likeness (QED) is 0.521. The van der Waals surface area contributed by atoms with E-state index >= 15 is 0 Å². The van der Waals surface area contributed by atoms with Crippen molar-refractivity contribution >= 4 is 27.7 Å². The molecule has 3 N–H and O–H groups in total. The van der Waals surface area contributed by atoms with Gasteiger partial charge in [0.1, 0.15) is 5.69 Å². The van der Waals surface area contributed by atoms with E-state index in [9.17, 15) is 4.79 Å². The van der Waals surface area contributed by atoms with Crippen LogP contribution in [-0.4, -0.2) is 15.9 Å². The second kappa shape index (κ2) is 5.57. The molecule has 0 aliphatic heterocycles. The summed E-state index contributed by atoms with van der Waals surface area (Å²) in [4.78, 5) is 19.0. The lowest BCUT2D eigenvalue weighted by molar-refractivity contribution is 0.0946. The first kappa shape index (κ1) is 14.6. The van der Waals surface area contributed by atoms with Crippen LogP contribution in [0.5, 0.6) is 0 Å². The molecule has 0 aliphatic carbocycles. The van der Waals surface area contributed by atoms with E-state index in [1.807, 2.05) is 30.3 Å². The third-order valence-electron chi connectivity index (χ3n) is 4.61. The SMILES string of the molecule is Cc1ccc2[nH]c(C(=O)NCc3cc4ccccc4[nH]3)cc2c1C. The smallest absolute Gasteiger partial charge is 0.268 e. The van der Waals surface area contributed by atoms with E-state index in [-0.39, 0.29) is 5.91 Å². The number of amides is 1. The molecule has 120 valence electrons. The highest BCUT2D eigenvalue weighted by Crippen LogP contribution is 2.22. The number of aromatic amines is 2. The first-order valence-electron chi connectivity index (χ1n) is 8.05. The normalized spacial score (nSPS) is 11.2. The van der Waals surface area contributed by atoms with Crippen LogP contribution in [0.15, 0.2) is 48.5 Å². The van der Waals surface area contributed by atoms with Gasteiger partial charge in [-0.2, -0.15) is 0 Å². The summed E-state index contributed by atoms with van der Waals surface area (Å²) in [5.74, 6) is -0.0955. The van der Waals surface area contributed by atoms with E-state index in [1.165, 1.54) is 11.1 Å².